The van der Waals surface area contributed by atoms with Crippen LogP contribution in [0, 0.1) is 0 Å². The Hall–Kier alpha value is -3.39. The summed E-state index contributed by atoms with van der Waals surface area (Å²) in [5, 5.41) is 12.4. The number of rotatable bonds is 6. The molecule has 0 unspecified atom stereocenters. The van der Waals surface area contributed by atoms with Crippen molar-refractivity contribution >= 4 is 40.3 Å². The lowest BCUT2D eigenvalue weighted by atomic mass is 10.2. The zero-order valence-corrected chi connectivity index (χ0v) is 17.1. The minimum absolute atomic E-state index is 0.356. The van der Waals surface area contributed by atoms with Crippen molar-refractivity contribution in [2.75, 3.05) is 12.4 Å². The van der Waals surface area contributed by atoms with Crippen LogP contribution in [0.3, 0.4) is 0 Å². The first kappa shape index (κ1) is 18.6. The molecule has 2 aromatic carbocycles. The first-order valence-electron chi connectivity index (χ1n) is 9.65. The quantitative estimate of drug-likeness (QED) is 0.340. The Labute approximate surface area is 177 Å². The van der Waals surface area contributed by atoms with Crippen molar-refractivity contribution in [2.24, 2.45) is 0 Å². The van der Waals surface area contributed by atoms with Crippen LogP contribution in [0.5, 0.6) is 0 Å². The number of para-hydroxylation sites is 1. The van der Waals surface area contributed by atoms with E-state index in [0.717, 1.165) is 33.1 Å². The standard InChI is InChI=1S/C22H19N5O2S/c1-29-21(28)14-8-10-15(11-9-14)30-22-23-17-5-3-2-4-16(17)20(25-22)24-19-12-18(26-27-19)13-6-7-13/h2-5,8-13H,6-7H2,1H3,(H2,23,24,25,26,27). The van der Waals surface area contributed by atoms with E-state index >= 15 is 0 Å². The van der Waals surface area contributed by atoms with Gasteiger partial charge in [-0.1, -0.05) is 12.1 Å². The van der Waals surface area contributed by atoms with Gasteiger partial charge in [0.2, 0.25) is 0 Å². The van der Waals surface area contributed by atoms with Crippen molar-refractivity contribution < 1.29 is 9.53 Å². The van der Waals surface area contributed by atoms with Gasteiger partial charge in [-0.15, -0.1) is 0 Å². The molecule has 150 valence electrons. The number of hydrogen-bond acceptors (Lipinski definition) is 7. The molecule has 5 rings (SSSR count). The monoisotopic (exact) mass is 417 g/mol. The van der Waals surface area contributed by atoms with Crippen molar-refractivity contribution in [3.05, 3.63) is 65.9 Å². The van der Waals surface area contributed by atoms with Crippen LogP contribution in [-0.2, 0) is 4.74 Å². The summed E-state index contributed by atoms with van der Waals surface area (Å²) in [7, 11) is 1.37. The topological polar surface area (TPSA) is 92.8 Å². The number of aromatic amines is 1. The Morgan fingerprint density at radius 1 is 1.13 bits per heavy atom. The third kappa shape index (κ3) is 3.86. The van der Waals surface area contributed by atoms with E-state index in [0.29, 0.717) is 16.6 Å². The van der Waals surface area contributed by atoms with Crippen LogP contribution >= 0.6 is 11.8 Å². The van der Waals surface area contributed by atoms with Crippen molar-refractivity contribution in [1.82, 2.24) is 20.2 Å². The lowest BCUT2D eigenvalue weighted by molar-refractivity contribution is 0.0600. The van der Waals surface area contributed by atoms with Crippen molar-refractivity contribution in [3.63, 3.8) is 0 Å². The highest BCUT2D eigenvalue weighted by atomic mass is 32.2. The first-order chi connectivity index (χ1) is 14.7. The molecular weight excluding hydrogens is 398 g/mol. The number of ether oxygens (including phenoxy) is 1. The maximum atomic E-state index is 11.6. The van der Waals surface area contributed by atoms with Gasteiger partial charge in [0.25, 0.3) is 0 Å². The molecule has 0 bridgehead atoms. The van der Waals surface area contributed by atoms with Gasteiger partial charge in [0.15, 0.2) is 5.16 Å². The van der Waals surface area contributed by atoms with Gasteiger partial charge in [-0.05, 0) is 61.0 Å². The summed E-state index contributed by atoms with van der Waals surface area (Å²) < 4.78 is 4.75. The molecule has 0 amide bonds. The maximum absolute atomic E-state index is 11.6. The molecule has 8 heteroatoms. The number of anilines is 2. The summed E-state index contributed by atoms with van der Waals surface area (Å²) in [4.78, 5) is 22.0. The number of benzene rings is 2. The van der Waals surface area contributed by atoms with E-state index in [-0.39, 0.29) is 5.97 Å². The predicted octanol–water partition coefficient (Wildman–Crippen LogP) is 4.91. The van der Waals surface area contributed by atoms with Gasteiger partial charge in [0.1, 0.15) is 11.6 Å². The largest absolute Gasteiger partial charge is 0.465 e. The Morgan fingerprint density at radius 2 is 1.93 bits per heavy atom. The second-order valence-electron chi connectivity index (χ2n) is 7.10. The SMILES string of the molecule is COC(=O)c1ccc(Sc2nc(Nc3cc(C4CC4)n[nH]3)c3ccccc3n2)cc1. The zero-order chi connectivity index (χ0) is 20.5. The molecule has 4 aromatic rings. The number of esters is 1. The molecule has 30 heavy (non-hydrogen) atoms. The lowest BCUT2D eigenvalue weighted by Gasteiger charge is -2.09. The highest BCUT2D eigenvalue weighted by Gasteiger charge is 2.26. The fraction of sp³-hybridized carbons (Fsp3) is 0.182. The van der Waals surface area contributed by atoms with E-state index in [2.05, 4.69) is 20.5 Å². The number of fused-ring (bicyclic) bond motifs is 1. The molecule has 2 aromatic heterocycles. The number of carbonyl (C=O) groups is 1. The van der Waals surface area contributed by atoms with Crippen LogP contribution in [0.2, 0.25) is 0 Å². The second kappa shape index (κ2) is 7.79. The van der Waals surface area contributed by atoms with E-state index < -0.39 is 0 Å². The molecule has 0 aliphatic heterocycles. The molecule has 0 radical (unpaired) electrons. The average Bonchev–Trinajstić information content (AvgIpc) is 3.53. The Morgan fingerprint density at radius 3 is 2.70 bits per heavy atom. The molecule has 1 fully saturated rings. The van der Waals surface area contributed by atoms with Crippen molar-refractivity contribution in [1.29, 1.82) is 0 Å². The Balaban J connectivity index is 1.44. The number of hydrogen-bond donors (Lipinski definition) is 2. The van der Waals surface area contributed by atoms with Gasteiger partial charge < -0.3 is 10.1 Å². The lowest BCUT2D eigenvalue weighted by Crippen LogP contribution is -2.00. The molecule has 2 N–H and O–H groups in total. The molecule has 1 aliphatic rings. The summed E-state index contributed by atoms with van der Waals surface area (Å²) in [5.41, 5.74) is 2.45. The number of aromatic nitrogens is 4. The summed E-state index contributed by atoms with van der Waals surface area (Å²) >= 11 is 1.44. The molecular formula is C22H19N5O2S. The number of carbonyl (C=O) groups excluding carboxylic acids is 1. The minimum Gasteiger partial charge on any atom is -0.465 e. The molecule has 7 nitrogen and oxygen atoms in total. The van der Waals surface area contributed by atoms with Crippen molar-refractivity contribution in [2.45, 2.75) is 28.8 Å². The molecule has 2 heterocycles. The Kier molecular flexibility index (Phi) is 4.84. The highest BCUT2D eigenvalue weighted by Crippen LogP contribution is 2.40. The number of nitrogens with one attached hydrogen (secondary N) is 2. The fourth-order valence-electron chi connectivity index (χ4n) is 3.20. The summed E-state index contributed by atoms with van der Waals surface area (Å²) in [5.74, 6) is 1.77. The van der Waals surface area contributed by atoms with Gasteiger partial charge in [-0.25, -0.2) is 14.8 Å². The fourth-order valence-corrected chi connectivity index (χ4v) is 3.96. The van der Waals surface area contributed by atoms with E-state index in [4.69, 9.17) is 9.72 Å². The van der Waals surface area contributed by atoms with E-state index in [1.165, 1.54) is 31.7 Å². The zero-order valence-electron chi connectivity index (χ0n) is 16.3. The van der Waals surface area contributed by atoms with Gasteiger partial charge in [-0.3, -0.25) is 5.10 Å². The van der Waals surface area contributed by atoms with Crippen LogP contribution in [0.25, 0.3) is 10.9 Å². The summed E-state index contributed by atoms with van der Waals surface area (Å²) in [6, 6.07) is 17.1. The Bertz CT molecular complexity index is 1220. The van der Waals surface area contributed by atoms with Crippen LogP contribution < -0.4 is 5.32 Å². The van der Waals surface area contributed by atoms with Crippen molar-refractivity contribution in [3.8, 4) is 0 Å². The molecule has 1 saturated carbocycles. The smallest absolute Gasteiger partial charge is 0.337 e. The minimum atomic E-state index is -0.356. The first-order valence-corrected chi connectivity index (χ1v) is 10.5. The third-order valence-electron chi connectivity index (χ3n) is 4.91. The molecule has 0 atom stereocenters. The predicted molar refractivity (Wildman–Crippen MR) is 115 cm³/mol. The summed E-state index contributed by atoms with van der Waals surface area (Å²) in [6.07, 6.45) is 2.41. The average molecular weight is 417 g/mol. The number of methoxy groups -OCH3 is 1. The van der Waals surface area contributed by atoms with Crippen LogP contribution in [-0.4, -0.2) is 33.2 Å². The van der Waals surface area contributed by atoms with Gasteiger partial charge in [0.05, 0.1) is 23.9 Å². The third-order valence-corrected chi connectivity index (χ3v) is 5.79. The second-order valence-corrected chi connectivity index (χ2v) is 8.14. The molecule has 0 spiro atoms. The van der Waals surface area contributed by atoms with E-state index in [9.17, 15) is 4.79 Å². The summed E-state index contributed by atoms with van der Waals surface area (Å²) in [6.45, 7) is 0. The number of H-pyrrole nitrogens is 1. The van der Waals surface area contributed by atoms with E-state index in [1.54, 1.807) is 12.1 Å². The maximum Gasteiger partial charge on any atom is 0.337 e. The van der Waals surface area contributed by atoms with Crippen LogP contribution in [0.1, 0.15) is 34.8 Å². The van der Waals surface area contributed by atoms with Gasteiger partial charge >= 0.3 is 5.97 Å². The van der Waals surface area contributed by atoms with Crippen LogP contribution in [0.4, 0.5) is 11.6 Å². The number of nitrogens with zero attached hydrogens (tertiary/aromatic N) is 3. The van der Waals surface area contributed by atoms with Gasteiger partial charge in [-0.2, -0.15) is 5.10 Å². The highest BCUT2D eigenvalue weighted by molar-refractivity contribution is 7.99. The molecule has 0 saturated heterocycles. The normalized spacial score (nSPS) is 13.4. The van der Waals surface area contributed by atoms with Gasteiger partial charge in [0, 0.05) is 22.3 Å². The van der Waals surface area contributed by atoms with E-state index in [1.807, 2.05) is 42.5 Å². The molecule has 1 aliphatic carbocycles. The van der Waals surface area contributed by atoms with Crippen LogP contribution in [0.15, 0.2) is 64.6 Å².